The van der Waals surface area contributed by atoms with Crippen LogP contribution in [0.25, 0.3) is 0 Å². The summed E-state index contributed by atoms with van der Waals surface area (Å²) < 4.78 is 4.68. The fraction of sp³-hybridized carbons (Fsp3) is 0.421. The Morgan fingerprint density at radius 1 is 1.35 bits per heavy atom. The molecule has 0 radical (unpaired) electrons. The van der Waals surface area contributed by atoms with Crippen LogP contribution in [0.15, 0.2) is 29.6 Å². The van der Waals surface area contributed by atoms with Crippen molar-refractivity contribution >= 4 is 28.8 Å². The highest BCUT2D eigenvalue weighted by Gasteiger charge is 2.23. The van der Waals surface area contributed by atoms with Crippen LogP contribution in [0.5, 0.6) is 0 Å². The van der Waals surface area contributed by atoms with E-state index < -0.39 is 0 Å². The summed E-state index contributed by atoms with van der Waals surface area (Å²) in [7, 11) is 1.41. The number of ether oxygens (including phenoxy) is 1. The highest BCUT2D eigenvalue weighted by atomic mass is 32.1. The first-order chi connectivity index (χ1) is 12.6. The molecule has 1 aliphatic heterocycles. The van der Waals surface area contributed by atoms with Gasteiger partial charge < -0.3 is 15.4 Å². The number of esters is 1. The van der Waals surface area contributed by atoms with Crippen molar-refractivity contribution in [1.29, 1.82) is 5.41 Å². The number of aryl methyl sites for hydroxylation is 1. The van der Waals surface area contributed by atoms with Crippen molar-refractivity contribution in [1.82, 2.24) is 4.98 Å². The minimum Gasteiger partial charge on any atom is -0.469 e. The van der Waals surface area contributed by atoms with E-state index >= 15 is 0 Å². The van der Waals surface area contributed by atoms with Gasteiger partial charge >= 0.3 is 5.97 Å². The molecular weight excluding hydrogens is 348 g/mol. The van der Waals surface area contributed by atoms with Gasteiger partial charge in [-0.1, -0.05) is 0 Å². The molecule has 0 saturated carbocycles. The van der Waals surface area contributed by atoms with Crippen LogP contribution < -0.4 is 10.6 Å². The van der Waals surface area contributed by atoms with Crippen molar-refractivity contribution < 1.29 is 9.53 Å². The minimum absolute atomic E-state index is 0.0991. The molecule has 1 aromatic carbocycles. The fourth-order valence-electron chi connectivity index (χ4n) is 3.19. The summed E-state index contributed by atoms with van der Waals surface area (Å²) in [5, 5.41) is 10.7. The van der Waals surface area contributed by atoms with Crippen molar-refractivity contribution in [2.45, 2.75) is 31.6 Å². The number of rotatable bonds is 6. The lowest BCUT2D eigenvalue weighted by atomic mass is 9.97. The average molecular weight is 372 g/mol. The number of nitrogens with one attached hydrogen (secondary N) is 1. The van der Waals surface area contributed by atoms with Gasteiger partial charge in [-0.15, -0.1) is 11.3 Å². The second-order valence-corrected chi connectivity index (χ2v) is 7.36. The van der Waals surface area contributed by atoms with Crippen molar-refractivity contribution in [3.05, 3.63) is 45.9 Å². The largest absolute Gasteiger partial charge is 0.469 e. The van der Waals surface area contributed by atoms with Crippen LogP contribution in [-0.2, 0) is 16.0 Å². The third-order valence-corrected chi connectivity index (χ3v) is 5.83. The van der Waals surface area contributed by atoms with Crippen LogP contribution in [0, 0.1) is 5.41 Å². The van der Waals surface area contributed by atoms with E-state index in [0.29, 0.717) is 18.8 Å². The summed E-state index contributed by atoms with van der Waals surface area (Å²) >= 11 is 1.70. The van der Waals surface area contributed by atoms with Crippen LogP contribution in [-0.4, -0.2) is 37.0 Å². The molecule has 2 heterocycles. The zero-order valence-electron chi connectivity index (χ0n) is 14.9. The maximum Gasteiger partial charge on any atom is 0.305 e. The molecule has 0 unspecified atom stereocenters. The van der Waals surface area contributed by atoms with E-state index in [-0.39, 0.29) is 11.8 Å². The lowest BCUT2D eigenvalue weighted by Crippen LogP contribution is -2.32. The quantitative estimate of drug-likeness (QED) is 0.462. The summed E-state index contributed by atoms with van der Waals surface area (Å²) in [6.07, 6.45) is 3.16. The Hall–Kier alpha value is -2.41. The number of aromatic nitrogens is 1. The molecule has 6 nitrogen and oxygen atoms in total. The first-order valence-corrected chi connectivity index (χ1v) is 9.65. The second-order valence-electron chi connectivity index (χ2n) is 6.48. The average Bonchev–Trinajstić information content (AvgIpc) is 3.15. The van der Waals surface area contributed by atoms with E-state index in [1.807, 2.05) is 24.3 Å². The molecule has 2 aromatic rings. The minimum atomic E-state index is -0.191. The van der Waals surface area contributed by atoms with E-state index in [1.54, 1.807) is 11.3 Å². The zero-order chi connectivity index (χ0) is 18.5. The molecule has 3 rings (SSSR count). The summed E-state index contributed by atoms with van der Waals surface area (Å²) in [4.78, 5) is 18.3. The summed E-state index contributed by atoms with van der Waals surface area (Å²) in [6.45, 7) is 1.97. The van der Waals surface area contributed by atoms with Crippen LogP contribution in [0.1, 0.15) is 41.4 Å². The molecule has 26 heavy (non-hydrogen) atoms. The van der Waals surface area contributed by atoms with Gasteiger partial charge in [0.05, 0.1) is 24.2 Å². The van der Waals surface area contributed by atoms with Gasteiger partial charge in [-0.25, -0.2) is 4.98 Å². The first-order valence-electron chi connectivity index (χ1n) is 8.77. The molecule has 3 N–H and O–H groups in total. The van der Waals surface area contributed by atoms with E-state index in [9.17, 15) is 4.79 Å². The molecule has 0 spiro atoms. The Balaban J connectivity index is 1.54. The Kier molecular flexibility index (Phi) is 5.88. The molecular formula is C19H24N4O2S. The topological polar surface area (TPSA) is 92.3 Å². The van der Waals surface area contributed by atoms with Gasteiger partial charge in [0.1, 0.15) is 5.84 Å². The molecule has 0 aliphatic carbocycles. The van der Waals surface area contributed by atoms with Gasteiger partial charge in [0, 0.05) is 42.1 Å². The normalized spacial score (nSPS) is 15.0. The monoisotopic (exact) mass is 372 g/mol. The number of thiazole rings is 1. The number of anilines is 1. The number of nitrogens with two attached hydrogens (primary N) is 1. The number of benzene rings is 1. The van der Waals surface area contributed by atoms with E-state index in [1.165, 1.54) is 17.8 Å². The van der Waals surface area contributed by atoms with Crippen LogP contribution in [0.4, 0.5) is 5.69 Å². The van der Waals surface area contributed by atoms with Crippen molar-refractivity contribution in [3.8, 4) is 0 Å². The number of piperidine rings is 1. The maximum atomic E-state index is 11.3. The van der Waals surface area contributed by atoms with Gasteiger partial charge in [-0.2, -0.15) is 0 Å². The fourth-order valence-corrected chi connectivity index (χ4v) is 4.22. The van der Waals surface area contributed by atoms with Gasteiger partial charge in [0.2, 0.25) is 0 Å². The molecule has 1 aliphatic rings. The van der Waals surface area contributed by atoms with Crippen LogP contribution >= 0.6 is 11.3 Å². The molecule has 1 fully saturated rings. The number of methoxy groups -OCH3 is 1. The summed E-state index contributed by atoms with van der Waals surface area (Å²) in [5.74, 6) is 0.394. The molecule has 0 atom stereocenters. The molecule has 1 saturated heterocycles. The van der Waals surface area contributed by atoms with Crippen LogP contribution in [0.3, 0.4) is 0 Å². The Labute approximate surface area is 157 Å². The SMILES string of the molecule is COC(=O)CCc1csc(C2CCN(c3ccc(C(=N)N)cc3)CC2)n1. The van der Waals surface area contributed by atoms with E-state index in [0.717, 1.165) is 37.2 Å². The maximum absolute atomic E-state index is 11.3. The summed E-state index contributed by atoms with van der Waals surface area (Å²) in [5.41, 5.74) is 8.42. The number of nitrogens with zero attached hydrogens (tertiary/aromatic N) is 2. The Bertz CT molecular complexity index is 764. The number of nitrogen functional groups attached to an aromatic ring is 1. The Morgan fingerprint density at radius 2 is 2.04 bits per heavy atom. The third kappa shape index (κ3) is 4.40. The predicted molar refractivity (Wildman–Crippen MR) is 104 cm³/mol. The number of carbonyl (C=O) groups excluding carboxylic acids is 1. The summed E-state index contributed by atoms with van der Waals surface area (Å²) in [6, 6.07) is 7.87. The van der Waals surface area contributed by atoms with Gasteiger partial charge in [-0.3, -0.25) is 10.2 Å². The number of hydrogen-bond acceptors (Lipinski definition) is 6. The number of amidine groups is 1. The first kappa shape index (κ1) is 18.4. The van der Waals surface area contributed by atoms with Crippen molar-refractivity contribution in [2.24, 2.45) is 5.73 Å². The molecule has 7 heteroatoms. The molecule has 0 amide bonds. The smallest absolute Gasteiger partial charge is 0.305 e. The van der Waals surface area contributed by atoms with E-state index in [2.05, 4.69) is 15.0 Å². The lowest BCUT2D eigenvalue weighted by Gasteiger charge is -2.33. The van der Waals surface area contributed by atoms with Gasteiger partial charge in [0.15, 0.2) is 0 Å². The standard InChI is InChI=1S/C19H24N4O2S/c1-25-17(24)7-4-15-12-26-19(22-15)14-8-10-23(11-9-14)16-5-2-13(3-6-16)18(20)21/h2-3,5-6,12,14H,4,7-11H2,1H3,(H3,20,21). The highest BCUT2D eigenvalue weighted by Crippen LogP contribution is 2.32. The van der Waals surface area contributed by atoms with Gasteiger partial charge in [-0.05, 0) is 37.1 Å². The molecule has 0 bridgehead atoms. The van der Waals surface area contributed by atoms with E-state index in [4.69, 9.17) is 16.1 Å². The zero-order valence-corrected chi connectivity index (χ0v) is 15.7. The highest BCUT2D eigenvalue weighted by molar-refractivity contribution is 7.09. The van der Waals surface area contributed by atoms with Crippen molar-refractivity contribution in [2.75, 3.05) is 25.1 Å². The third-order valence-electron chi connectivity index (χ3n) is 4.77. The number of hydrogen-bond donors (Lipinski definition) is 2. The molecule has 138 valence electrons. The van der Waals surface area contributed by atoms with Crippen LogP contribution in [0.2, 0.25) is 0 Å². The number of carbonyl (C=O) groups is 1. The predicted octanol–water partition coefficient (Wildman–Crippen LogP) is 2.92. The Morgan fingerprint density at radius 3 is 2.65 bits per heavy atom. The van der Waals surface area contributed by atoms with Crippen molar-refractivity contribution in [3.63, 3.8) is 0 Å². The molecule has 1 aromatic heterocycles. The lowest BCUT2D eigenvalue weighted by molar-refractivity contribution is -0.140. The van der Waals surface area contributed by atoms with Gasteiger partial charge in [0.25, 0.3) is 0 Å². The second kappa shape index (κ2) is 8.31.